The van der Waals surface area contributed by atoms with Crippen LogP contribution in [0, 0.1) is 11.7 Å². The molecule has 1 saturated heterocycles. The second-order valence-electron chi connectivity index (χ2n) is 5.29. The molecule has 1 aromatic rings. The van der Waals surface area contributed by atoms with Gasteiger partial charge >= 0.3 is 0 Å². The summed E-state index contributed by atoms with van der Waals surface area (Å²) >= 11 is 5.78. The smallest absolute Gasteiger partial charge is 0.243 e. The van der Waals surface area contributed by atoms with E-state index in [9.17, 15) is 12.8 Å². The molecular formula is C14H19ClFNO3S. The van der Waals surface area contributed by atoms with Gasteiger partial charge in [-0.05, 0) is 30.0 Å². The summed E-state index contributed by atoms with van der Waals surface area (Å²) in [5.74, 6) is -0.273. The first kappa shape index (κ1) is 16.7. The van der Waals surface area contributed by atoms with Gasteiger partial charge in [0.25, 0.3) is 0 Å². The molecule has 0 radical (unpaired) electrons. The molecular weight excluding hydrogens is 317 g/mol. The van der Waals surface area contributed by atoms with Crippen LogP contribution in [0.15, 0.2) is 23.1 Å². The van der Waals surface area contributed by atoms with E-state index < -0.39 is 15.8 Å². The van der Waals surface area contributed by atoms with Crippen LogP contribution in [0.1, 0.15) is 18.9 Å². The minimum absolute atomic E-state index is 0.0206. The topological polar surface area (TPSA) is 46.6 Å². The predicted octanol–water partition coefficient (Wildman–Crippen LogP) is 2.61. The fourth-order valence-corrected chi connectivity index (χ4v) is 4.56. The fraction of sp³-hybridized carbons (Fsp3) is 0.571. The van der Waals surface area contributed by atoms with E-state index in [0.29, 0.717) is 24.4 Å². The van der Waals surface area contributed by atoms with Crippen LogP contribution in [0.3, 0.4) is 0 Å². The Morgan fingerprint density at radius 1 is 1.48 bits per heavy atom. The van der Waals surface area contributed by atoms with Crippen LogP contribution in [0.5, 0.6) is 0 Å². The molecule has 1 aliphatic rings. The molecule has 0 N–H and O–H groups in total. The van der Waals surface area contributed by atoms with E-state index in [1.165, 1.54) is 16.4 Å². The fourth-order valence-electron chi connectivity index (χ4n) is 2.55. The standard InChI is InChI=1S/C14H19ClFNO3S/c1-10-5-6-17(9-13(10)20-2)21(18,19)14-7-12(16)4-3-11(14)8-15/h3-4,7,10,13H,5-6,8-9H2,1-2H3. The summed E-state index contributed by atoms with van der Waals surface area (Å²) in [5.41, 5.74) is 0.408. The van der Waals surface area contributed by atoms with Crippen molar-refractivity contribution in [2.75, 3.05) is 20.2 Å². The third-order valence-corrected chi connectivity index (χ3v) is 6.18. The second-order valence-corrected chi connectivity index (χ2v) is 7.46. The molecule has 21 heavy (non-hydrogen) atoms. The average molecular weight is 336 g/mol. The number of hydrogen-bond donors (Lipinski definition) is 0. The number of hydrogen-bond acceptors (Lipinski definition) is 3. The third kappa shape index (κ3) is 3.39. The Labute approximate surface area is 129 Å². The normalized spacial score (nSPS) is 24.2. The number of alkyl halides is 1. The van der Waals surface area contributed by atoms with Crippen molar-refractivity contribution in [2.24, 2.45) is 5.92 Å². The minimum atomic E-state index is -3.76. The zero-order valence-electron chi connectivity index (χ0n) is 12.1. The predicted molar refractivity (Wildman–Crippen MR) is 79.3 cm³/mol. The van der Waals surface area contributed by atoms with Crippen LogP contribution < -0.4 is 0 Å². The maximum absolute atomic E-state index is 13.4. The zero-order valence-corrected chi connectivity index (χ0v) is 13.6. The van der Waals surface area contributed by atoms with Gasteiger partial charge in [-0.25, -0.2) is 12.8 Å². The molecule has 118 valence electrons. The van der Waals surface area contributed by atoms with E-state index >= 15 is 0 Å². The average Bonchev–Trinajstić information content (AvgIpc) is 2.47. The molecule has 0 spiro atoms. The van der Waals surface area contributed by atoms with Crippen LogP contribution in [0.2, 0.25) is 0 Å². The summed E-state index contributed by atoms with van der Waals surface area (Å²) in [5, 5.41) is 0. The Morgan fingerprint density at radius 3 is 2.81 bits per heavy atom. The Hall–Kier alpha value is -0.690. The van der Waals surface area contributed by atoms with E-state index in [2.05, 4.69) is 0 Å². The van der Waals surface area contributed by atoms with Crippen molar-refractivity contribution in [3.8, 4) is 0 Å². The number of halogens is 2. The van der Waals surface area contributed by atoms with Crippen molar-refractivity contribution >= 4 is 21.6 Å². The molecule has 4 nitrogen and oxygen atoms in total. The maximum atomic E-state index is 13.4. The van der Waals surface area contributed by atoms with Gasteiger partial charge in [0, 0.05) is 26.1 Å². The molecule has 1 aromatic carbocycles. The van der Waals surface area contributed by atoms with Crippen LogP contribution in [0.25, 0.3) is 0 Å². The lowest BCUT2D eigenvalue weighted by Crippen LogP contribution is -2.46. The first-order chi connectivity index (χ1) is 9.90. The van der Waals surface area contributed by atoms with Gasteiger partial charge in [0.2, 0.25) is 10.0 Å². The highest BCUT2D eigenvalue weighted by atomic mass is 35.5. The summed E-state index contributed by atoms with van der Waals surface area (Å²) in [7, 11) is -2.19. The van der Waals surface area contributed by atoms with Gasteiger partial charge in [-0.3, -0.25) is 0 Å². The van der Waals surface area contributed by atoms with Crippen LogP contribution >= 0.6 is 11.6 Å². The molecule has 0 bridgehead atoms. The van der Waals surface area contributed by atoms with Gasteiger partial charge in [-0.15, -0.1) is 11.6 Å². The molecule has 7 heteroatoms. The summed E-state index contributed by atoms with van der Waals surface area (Å²) in [6, 6.07) is 3.66. The van der Waals surface area contributed by atoms with Crippen LogP contribution in [-0.2, 0) is 20.6 Å². The quantitative estimate of drug-likeness (QED) is 0.795. The highest BCUT2D eigenvalue weighted by Crippen LogP contribution is 2.28. The third-order valence-electron chi connectivity index (χ3n) is 3.95. The lowest BCUT2D eigenvalue weighted by molar-refractivity contribution is 0.0183. The van der Waals surface area contributed by atoms with Gasteiger partial charge in [-0.2, -0.15) is 4.31 Å². The van der Waals surface area contributed by atoms with Crippen molar-refractivity contribution in [1.29, 1.82) is 0 Å². The molecule has 1 aliphatic heterocycles. The first-order valence-corrected chi connectivity index (χ1v) is 8.75. The number of rotatable bonds is 4. The molecule has 0 aromatic heterocycles. The van der Waals surface area contributed by atoms with Crippen LogP contribution in [0.4, 0.5) is 4.39 Å². The van der Waals surface area contributed by atoms with Gasteiger partial charge in [0.15, 0.2) is 0 Å². The molecule has 2 unspecified atom stereocenters. The number of nitrogens with zero attached hydrogens (tertiary/aromatic N) is 1. The molecule has 2 atom stereocenters. The van der Waals surface area contributed by atoms with Crippen molar-refractivity contribution in [1.82, 2.24) is 4.31 Å². The molecule has 0 amide bonds. The molecule has 0 saturated carbocycles. The molecule has 1 fully saturated rings. The lowest BCUT2D eigenvalue weighted by atomic mass is 9.97. The number of methoxy groups -OCH3 is 1. The van der Waals surface area contributed by atoms with E-state index in [1.54, 1.807) is 7.11 Å². The number of benzene rings is 1. The van der Waals surface area contributed by atoms with E-state index in [4.69, 9.17) is 16.3 Å². The van der Waals surface area contributed by atoms with Crippen molar-refractivity contribution in [3.63, 3.8) is 0 Å². The largest absolute Gasteiger partial charge is 0.380 e. The Morgan fingerprint density at radius 2 is 2.19 bits per heavy atom. The van der Waals surface area contributed by atoms with Crippen LogP contribution in [-0.4, -0.2) is 39.0 Å². The Balaban J connectivity index is 2.36. The maximum Gasteiger partial charge on any atom is 0.243 e. The van der Waals surface area contributed by atoms with Gasteiger partial charge in [-0.1, -0.05) is 13.0 Å². The van der Waals surface area contributed by atoms with Crippen molar-refractivity contribution < 1.29 is 17.5 Å². The van der Waals surface area contributed by atoms with Gasteiger partial charge in [0.05, 0.1) is 11.0 Å². The Bertz CT molecular complexity index is 608. The van der Waals surface area contributed by atoms with E-state index in [0.717, 1.165) is 6.07 Å². The summed E-state index contributed by atoms with van der Waals surface area (Å²) < 4.78 is 45.6. The van der Waals surface area contributed by atoms with Crippen molar-refractivity contribution in [3.05, 3.63) is 29.6 Å². The van der Waals surface area contributed by atoms with Gasteiger partial charge < -0.3 is 4.74 Å². The highest BCUT2D eigenvalue weighted by molar-refractivity contribution is 7.89. The SMILES string of the molecule is COC1CN(S(=O)(=O)c2cc(F)ccc2CCl)CCC1C. The second kappa shape index (κ2) is 6.60. The minimum Gasteiger partial charge on any atom is -0.380 e. The molecule has 0 aliphatic carbocycles. The lowest BCUT2D eigenvalue weighted by Gasteiger charge is -2.35. The number of sulfonamides is 1. The summed E-state index contributed by atoms with van der Waals surface area (Å²) in [4.78, 5) is -0.0538. The number of piperidine rings is 1. The van der Waals surface area contributed by atoms with Crippen molar-refractivity contribution in [2.45, 2.75) is 30.2 Å². The molecule has 1 heterocycles. The summed E-state index contributed by atoms with van der Waals surface area (Å²) in [6.07, 6.45) is 0.560. The molecule has 2 rings (SSSR count). The number of ether oxygens (including phenoxy) is 1. The van der Waals surface area contributed by atoms with E-state index in [1.807, 2.05) is 6.92 Å². The van der Waals surface area contributed by atoms with E-state index in [-0.39, 0.29) is 23.4 Å². The highest BCUT2D eigenvalue weighted by Gasteiger charge is 2.34. The first-order valence-electron chi connectivity index (χ1n) is 6.77. The zero-order chi connectivity index (χ0) is 15.6. The summed E-state index contributed by atoms with van der Waals surface area (Å²) in [6.45, 7) is 2.71. The van der Waals surface area contributed by atoms with Gasteiger partial charge in [0.1, 0.15) is 5.82 Å². The Kier molecular flexibility index (Phi) is 5.24. The monoisotopic (exact) mass is 335 g/mol.